The fourth-order valence-electron chi connectivity index (χ4n) is 2.84. The quantitative estimate of drug-likeness (QED) is 0.601. The van der Waals surface area contributed by atoms with Gasteiger partial charge in [0.15, 0.2) is 0 Å². The molecule has 0 unspecified atom stereocenters. The van der Waals surface area contributed by atoms with Gasteiger partial charge in [-0.2, -0.15) is 0 Å². The largest absolute Gasteiger partial charge is 0.207 e. The highest BCUT2D eigenvalue weighted by molar-refractivity contribution is 5.35. The van der Waals surface area contributed by atoms with Crippen molar-refractivity contribution >= 4 is 0 Å². The predicted molar refractivity (Wildman–Crippen MR) is 89.6 cm³/mol. The van der Waals surface area contributed by atoms with Crippen LogP contribution < -0.4 is 0 Å². The van der Waals surface area contributed by atoms with E-state index in [-0.39, 0.29) is 11.6 Å². The van der Waals surface area contributed by atoms with E-state index in [1.165, 1.54) is 23.8 Å². The molecule has 23 heavy (non-hydrogen) atoms. The lowest BCUT2D eigenvalue weighted by molar-refractivity contribution is 0.610. The first-order valence-corrected chi connectivity index (χ1v) is 7.67. The average Bonchev–Trinajstić information content (AvgIpc) is 2.51. The van der Waals surface area contributed by atoms with Gasteiger partial charge in [0.2, 0.25) is 0 Å². The molecule has 0 fully saturated rings. The maximum atomic E-state index is 14.1. The lowest BCUT2D eigenvalue weighted by Crippen LogP contribution is -1.97. The first kappa shape index (κ1) is 15.4. The molecular formula is C21H18F2. The molecule has 0 radical (unpaired) electrons. The van der Waals surface area contributed by atoms with E-state index < -0.39 is 0 Å². The van der Waals surface area contributed by atoms with Gasteiger partial charge in [0.25, 0.3) is 0 Å². The van der Waals surface area contributed by atoms with Crippen LogP contribution in [0.3, 0.4) is 0 Å². The highest BCUT2D eigenvalue weighted by atomic mass is 19.1. The highest BCUT2D eigenvalue weighted by Gasteiger charge is 2.07. The maximum absolute atomic E-state index is 14.1. The third-order valence-corrected chi connectivity index (χ3v) is 3.86. The zero-order valence-corrected chi connectivity index (χ0v) is 13.0. The Morgan fingerprint density at radius 3 is 2.22 bits per heavy atom. The van der Waals surface area contributed by atoms with Crippen molar-refractivity contribution in [2.24, 2.45) is 0 Å². The summed E-state index contributed by atoms with van der Waals surface area (Å²) in [5, 5.41) is 0. The van der Waals surface area contributed by atoms with Gasteiger partial charge in [-0.05, 0) is 59.4 Å². The summed E-state index contributed by atoms with van der Waals surface area (Å²) in [7, 11) is 0. The molecule has 0 aliphatic heterocycles. The Bertz CT molecular complexity index is 787. The van der Waals surface area contributed by atoms with Gasteiger partial charge in [-0.1, -0.05) is 48.5 Å². The zero-order valence-electron chi connectivity index (χ0n) is 13.0. The molecule has 0 heterocycles. The van der Waals surface area contributed by atoms with Crippen LogP contribution in [0.2, 0.25) is 0 Å². The van der Waals surface area contributed by atoms with Crippen molar-refractivity contribution < 1.29 is 8.78 Å². The molecule has 116 valence electrons. The molecule has 0 nitrogen and oxygen atoms in total. The Morgan fingerprint density at radius 2 is 1.48 bits per heavy atom. The standard InChI is InChI=1S/C21H18F2/c1-15-9-18(14-20(22)10-15)13-19-12-17(7-8-21(19)23)11-16-5-3-2-4-6-16/h2-10,12,14H,11,13H2,1H3. The molecular weight excluding hydrogens is 290 g/mol. The topological polar surface area (TPSA) is 0 Å². The number of hydrogen-bond acceptors (Lipinski definition) is 0. The second-order valence-corrected chi connectivity index (χ2v) is 5.90. The van der Waals surface area contributed by atoms with Gasteiger partial charge in [-0.3, -0.25) is 0 Å². The number of halogens is 2. The van der Waals surface area contributed by atoms with Crippen LogP contribution in [0.25, 0.3) is 0 Å². The summed E-state index contributed by atoms with van der Waals surface area (Å²) < 4.78 is 27.6. The van der Waals surface area contributed by atoms with Gasteiger partial charge in [0, 0.05) is 6.42 Å². The van der Waals surface area contributed by atoms with E-state index in [0.717, 1.165) is 23.1 Å². The molecule has 3 aromatic rings. The van der Waals surface area contributed by atoms with Crippen molar-refractivity contribution in [1.29, 1.82) is 0 Å². The van der Waals surface area contributed by atoms with Gasteiger partial charge >= 0.3 is 0 Å². The Hall–Kier alpha value is -2.48. The molecule has 0 N–H and O–H groups in total. The second kappa shape index (κ2) is 6.74. The van der Waals surface area contributed by atoms with Crippen LogP contribution in [0.1, 0.15) is 27.8 Å². The summed E-state index contributed by atoms with van der Waals surface area (Å²) in [5.41, 5.74) is 4.48. The minimum Gasteiger partial charge on any atom is -0.207 e. The molecule has 0 aliphatic rings. The molecule has 0 saturated carbocycles. The van der Waals surface area contributed by atoms with Gasteiger partial charge < -0.3 is 0 Å². The summed E-state index contributed by atoms with van der Waals surface area (Å²) in [6.07, 6.45) is 1.16. The molecule has 2 heteroatoms. The Balaban J connectivity index is 1.85. The SMILES string of the molecule is Cc1cc(F)cc(Cc2cc(Cc3ccccc3)ccc2F)c1. The summed E-state index contributed by atoms with van der Waals surface area (Å²) in [5.74, 6) is -0.524. The fraction of sp³-hybridized carbons (Fsp3) is 0.143. The van der Waals surface area contributed by atoms with Crippen LogP contribution in [0.4, 0.5) is 8.78 Å². The molecule has 3 aromatic carbocycles. The van der Waals surface area contributed by atoms with Crippen molar-refractivity contribution in [2.45, 2.75) is 19.8 Å². The average molecular weight is 308 g/mol. The summed E-state index contributed by atoms with van der Waals surface area (Å²) >= 11 is 0. The first-order chi connectivity index (χ1) is 11.1. The summed E-state index contributed by atoms with van der Waals surface area (Å²) in [4.78, 5) is 0. The van der Waals surface area contributed by atoms with Crippen LogP contribution in [0.5, 0.6) is 0 Å². The minimum absolute atomic E-state index is 0.247. The van der Waals surface area contributed by atoms with Crippen molar-refractivity contribution in [3.8, 4) is 0 Å². The summed E-state index contributed by atoms with van der Waals surface area (Å²) in [6.45, 7) is 1.84. The third-order valence-electron chi connectivity index (χ3n) is 3.86. The first-order valence-electron chi connectivity index (χ1n) is 7.67. The normalized spacial score (nSPS) is 10.7. The van der Waals surface area contributed by atoms with Gasteiger partial charge in [0.1, 0.15) is 11.6 Å². The zero-order chi connectivity index (χ0) is 16.2. The van der Waals surface area contributed by atoms with Crippen LogP contribution in [0, 0.1) is 18.6 Å². The summed E-state index contributed by atoms with van der Waals surface area (Å²) in [6, 6.07) is 20.1. The van der Waals surface area contributed by atoms with E-state index in [1.807, 2.05) is 43.3 Å². The molecule has 0 bridgehead atoms. The van der Waals surface area contributed by atoms with Crippen molar-refractivity contribution in [2.75, 3.05) is 0 Å². The van der Waals surface area contributed by atoms with E-state index in [0.29, 0.717) is 12.0 Å². The molecule has 0 atom stereocenters. The van der Waals surface area contributed by atoms with Crippen molar-refractivity contribution in [3.05, 3.63) is 106 Å². The molecule has 0 spiro atoms. The number of benzene rings is 3. The molecule has 3 rings (SSSR count). The van der Waals surface area contributed by atoms with Crippen LogP contribution in [-0.2, 0) is 12.8 Å². The monoisotopic (exact) mass is 308 g/mol. The number of rotatable bonds is 4. The maximum Gasteiger partial charge on any atom is 0.126 e. The van der Waals surface area contributed by atoms with Crippen molar-refractivity contribution in [1.82, 2.24) is 0 Å². The Labute approximate surface area is 135 Å². The lowest BCUT2D eigenvalue weighted by Gasteiger charge is -2.09. The smallest absolute Gasteiger partial charge is 0.126 e. The molecule has 0 aromatic heterocycles. The highest BCUT2D eigenvalue weighted by Crippen LogP contribution is 2.19. The lowest BCUT2D eigenvalue weighted by atomic mass is 9.98. The Morgan fingerprint density at radius 1 is 0.696 bits per heavy atom. The van der Waals surface area contributed by atoms with Gasteiger partial charge in [-0.15, -0.1) is 0 Å². The number of aryl methyl sites for hydroxylation is 1. The molecule has 0 aliphatic carbocycles. The second-order valence-electron chi connectivity index (χ2n) is 5.90. The van der Waals surface area contributed by atoms with Crippen LogP contribution >= 0.6 is 0 Å². The van der Waals surface area contributed by atoms with E-state index in [2.05, 4.69) is 12.1 Å². The predicted octanol–water partition coefficient (Wildman–Crippen LogP) is 5.45. The third kappa shape index (κ3) is 4.04. The van der Waals surface area contributed by atoms with Crippen LogP contribution in [0.15, 0.2) is 66.7 Å². The Kier molecular flexibility index (Phi) is 4.52. The molecule has 0 amide bonds. The van der Waals surface area contributed by atoms with Gasteiger partial charge in [0.05, 0.1) is 0 Å². The van der Waals surface area contributed by atoms with E-state index in [1.54, 1.807) is 0 Å². The fourth-order valence-corrected chi connectivity index (χ4v) is 2.84. The van der Waals surface area contributed by atoms with Gasteiger partial charge in [-0.25, -0.2) is 8.78 Å². The number of hydrogen-bond donors (Lipinski definition) is 0. The minimum atomic E-state index is -0.277. The van der Waals surface area contributed by atoms with E-state index in [9.17, 15) is 8.78 Å². The van der Waals surface area contributed by atoms with E-state index >= 15 is 0 Å². The van der Waals surface area contributed by atoms with E-state index in [4.69, 9.17) is 0 Å². The van der Waals surface area contributed by atoms with Crippen molar-refractivity contribution in [3.63, 3.8) is 0 Å². The van der Waals surface area contributed by atoms with Crippen LogP contribution in [-0.4, -0.2) is 0 Å². The molecule has 0 saturated heterocycles.